The number of fused-ring (bicyclic) bond motifs is 3. The predicted molar refractivity (Wildman–Crippen MR) is 131 cm³/mol. The second-order valence-electron chi connectivity index (χ2n) is 8.81. The summed E-state index contributed by atoms with van der Waals surface area (Å²) in [5.41, 5.74) is 7.32. The van der Waals surface area contributed by atoms with E-state index >= 15 is 0 Å². The number of H-pyrrole nitrogens is 1. The number of hydrogen-bond donors (Lipinski definition) is 2. The molecule has 0 radical (unpaired) electrons. The van der Waals surface area contributed by atoms with Crippen LogP contribution in [0.15, 0.2) is 42.5 Å². The fourth-order valence-electron chi connectivity index (χ4n) is 5.09. The molecule has 2 aromatic carbocycles. The SMILES string of the molecule is CCc1cccc2c3c([nH]c12)C(CC)(CC(=O)NN1C(=O)CSC1c1ccc(F)cc1)OCC3. The molecule has 6 nitrogen and oxygen atoms in total. The monoisotopic (exact) mass is 481 g/mol. The van der Waals surface area contributed by atoms with E-state index in [1.807, 2.05) is 6.92 Å². The Kier molecular flexibility index (Phi) is 6.12. The summed E-state index contributed by atoms with van der Waals surface area (Å²) in [5, 5.41) is 2.17. The molecule has 2 atom stereocenters. The molecule has 2 N–H and O–H groups in total. The topological polar surface area (TPSA) is 74.4 Å². The van der Waals surface area contributed by atoms with Crippen LogP contribution in [0.4, 0.5) is 4.39 Å². The van der Waals surface area contributed by atoms with Gasteiger partial charge in [-0.1, -0.05) is 44.2 Å². The van der Waals surface area contributed by atoms with Crippen molar-refractivity contribution in [3.63, 3.8) is 0 Å². The highest BCUT2D eigenvalue weighted by Gasteiger charge is 2.42. The van der Waals surface area contributed by atoms with Gasteiger partial charge in [0.25, 0.3) is 5.91 Å². The highest BCUT2D eigenvalue weighted by atomic mass is 32.2. The van der Waals surface area contributed by atoms with Gasteiger partial charge in [-0.05, 0) is 48.1 Å². The molecule has 5 rings (SSSR count). The first-order chi connectivity index (χ1) is 16.5. The Morgan fingerprint density at radius 3 is 2.79 bits per heavy atom. The van der Waals surface area contributed by atoms with Gasteiger partial charge >= 0.3 is 0 Å². The number of aromatic amines is 1. The summed E-state index contributed by atoms with van der Waals surface area (Å²) in [5.74, 6) is -0.550. The van der Waals surface area contributed by atoms with E-state index in [0.29, 0.717) is 13.0 Å². The first-order valence-corrected chi connectivity index (χ1v) is 12.8. The van der Waals surface area contributed by atoms with E-state index in [9.17, 15) is 14.0 Å². The van der Waals surface area contributed by atoms with Crippen LogP contribution in [0.2, 0.25) is 0 Å². The van der Waals surface area contributed by atoms with Crippen LogP contribution in [0.5, 0.6) is 0 Å². The van der Waals surface area contributed by atoms with Crippen LogP contribution in [0.25, 0.3) is 10.9 Å². The summed E-state index contributed by atoms with van der Waals surface area (Å²) in [7, 11) is 0. The zero-order chi connectivity index (χ0) is 23.9. The van der Waals surface area contributed by atoms with E-state index in [1.54, 1.807) is 12.1 Å². The normalized spacial score (nSPS) is 22.3. The first kappa shape index (κ1) is 22.9. The third kappa shape index (κ3) is 3.88. The van der Waals surface area contributed by atoms with Gasteiger partial charge in [0.05, 0.1) is 24.5 Å². The molecule has 1 fully saturated rings. The molecule has 1 aromatic heterocycles. The van der Waals surface area contributed by atoms with Crippen molar-refractivity contribution in [3.05, 3.63) is 70.7 Å². The number of amides is 2. The van der Waals surface area contributed by atoms with E-state index in [0.717, 1.165) is 29.6 Å². The molecule has 178 valence electrons. The van der Waals surface area contributed by atoms with E-state index in [2.05, 4.69) is 35.5 Å². The number of benzene rings is 2. The summed E-state index contributed by atoms with van der Waals surface area (Å²) in [6.07, 6.45) is 2.41. The number of thioether (sulfide) groups is 1. The number of nitrogens with zero attached hydrogens (tertiary/aromatic N) is 1. The van der Waals surface area contributed by atoms with Crippen LogP contribution >= 0.6 is 11.8 Å². The van der Waals surface area contributed by atoms with Gasteiger partial charge in [0, 0.05) is 10.9 Å². The lowest BCUT2D eigenvalue weighted by Crippen LogP contribution is -2.48. The van der Waals surface area contributed by atoms with Gasteiger partial charge in [-0.2, -0.15) is 0 Å². The lowest BCUT2D eigenvalue weighted by Gasteiger charge is -2.37. The Balaban J connectivity index is 1.42. The van der Waals surface area contributed by atoms with Crippen LogP contribution in [-0.2, 0) is 32.8 Å². The zero-order valence-corrected chi connectivity index (χ0v) is 20.1. The van der Waals surface area contributed by atoms with Crippen molar-refractivity contribution < 1.29 is 18.7 Å². The molecule has 2 unspecified atom stereocenters. The maximum Gasteiger partial charge on any atom is 0.252 e. The third-order valence-corrected chi connectivity index (χ3v) is 8.09. The van der Waals surface area contributed by atoms with E-state index in [-0.39, 0.29) is 29.8 Å². The van der Waals surface area contributed by atoms with Gasteiger partial charge < -0.3 is 9.72 Å². The fourth-order valence-corrected chi connectivity index (χ4v) is 6.20. The summed E-state index contributed by atoms with van der Waals surface area (Å²) >= 11 is 1.41. The van der Waals surface area contributed by atoms with Gasteiger partial charge in [0.2, 0.25) is 5.91 Å². The smallest absolute Gasteiger partial charge is 0.252 e. The number of ether oxygens (including phenoxy) is 1. The zero-order valence-electron chi connectivity index (χ0n) is 19.3. The Bertz CT molecular complexity index is 1240. The molecular weight excluding hydrogens is 453 g/mol. The van der Waals surface area contributed by atoms with Crippen molar-refractivity contribution in [1.29, 1.82) is 0 Å². The largest absolute Gasteiger partial charge is 0.368 e. The number of rotatable bonds is 6. The molecule has 2 aliphatic rings. The minimum atomic E-state index is -0.789. The number of hydrazine groups is 1. The fraction of sp³-hybridized carbons (Fsp3) is 0.385. The van der Waals surface area contributed by atoms with Gasteiger partial charge in [-0.15, -0.1) is 11.8 Å². The van der Waals surface area contributed by atoms with E-state index < -0.39 is 11.0 Å². The first-order valence-electron chi connectivity index (χ1n) is 11.7. The molecule has 8 heteroatoms. The number of halogens is 1. The van der Waals surface area contributed by atoms with Crippen LogP contribution in [-0.4, -0.2) is 34.2 Å². The van der Waals surface area contributed by atoms with Crippen LogP contribution in [0.1, 0.15) is 54.4 Å². The van der Waals surface area contributed by atoms with Gasteiger partial charge in [0.1, 0.15) is 16.8 Å². The predicted octanol–water partition coefficient (Wildman–Crippen LogP) is 4.74. The van der Waals surface area contributed by atoms with Crippen molar-refractivity contribution in [3.8, 4) is 0 Å². The van der Waals surface area contributed by atoms with Gasteiger partial charge in [0.15, 0.2) is 0 Å². The van der Waals surface area contributed by atoms with E-state index in [4.69, 9.17) is 4.74 Å². The average molecular weight is 482 g/mol. The number of hydrogen-bond acceptors (Lipinski definition) is 4. The minimum Gasteiger partial charge on any atom is -0.368 e. The number of aromatic nitrogens is 1. The number of nitrogens with one attached hydrogen (secondary N) is 2. The maximum absolute atomic E-state index is 13.4. The lowest BCUT2D eigenvalue weighted by molar-refractivity contribution is -0.145. The van der Waals surface area contributed by atoms with Crippen molar-refractivity contribution in [1.82, 2.24) is 15.4 Å². The third-order valence-electron chi connectivity index (χ3n) is 6.88. The molecule has 1 saturated heterocycles. The van der Waals surface area contributed by atoms with Crippen LogP contribution in [0, 0.1) is 5.82 Å². The number of carbonyl (C=O) groups is 2. The molecule has 2 amide bonds. The summed E-state index contributed by atoms with van der Waals surface area (Å²) in [6, 6.07) is 12.3. The second kappa shape index (κ2) is 9.07. The number of carbonyl (C=O) groups excluding carboxylic acids is 2. The van der Waals surface area contributed by atoms with Crippen LogP contribution < -0.4 is 5.43 Å². The minimum absolute atomic E-state index is 0.0926. The maximum atomic E-state index is 13.4. The summed E-state index contributed by atoms with van der Waals surface area (Å²) in [6.45, 7) is 4.69. The number of para-hydroxylation sites is 1. The molecule has 3 aromatic rings. The molecular formula is C26H28FN3O3S. The van der Waals surface area contributed by atoms with Gasteiger partial charge in [-0.25, -0.2) is 9.40 Å². The molecule has 0 aliphatic carbocycles. The highest BCUT2D eigenvalue weighted by molar-refractivity contribution is 8.00. The van der Waals surface area contributed by atoms with E-state index in [1.165, 1.54) is 45.4 Å². The Labute approximate surface area is 202 Å². The molecule has 0 spiro atoms. The highest BCUT2D eigenvalue weighted by Crippen LogP contribution is 2.43. The molecule has 34 heavy (non-hydrogen) atoms. The van der Waals surface area contributed by atoms with Crippen molar-refractivity contribution in [2.24, 2.45) is 0 Å². The average Bonchev–Trinajstić information content (AvgIpc) is 3.41. The quantitative estimate of drug-likeness (QED) is 0.533. The standard InChI is InChI=1S/C26H28FN3O3S/c1-3-16-6-5-7-19-20-12-13-33-26(4-2,24(20)28-23(16)19)14-21(31)29-30-22(32)15-34-25(30)17-8-10-18(27)11-9-17/h5-11,25,28H,3-4,12-15H2,1-2H3,(H,29,31). The lowest BCUT2D eigenvalue weighted by atomic mass is 9.86. The van der Waals surface area contributed by atoms with Crippen molar-refractivity contribution in [2.45, 2.75) is 50.5 Å². The Hall–Kier alpha value is -2.84. The Morgan fingerprint density at radius 2 is 2.06 bits per heavy atom. The molecule has 0 saturated carbocycles. The summed E-state index contributed by atoms with van der Waals surface area (Å²) < 4.78 is 19.7. The van der Waals surface area contributed by atoms with Crippen molar-refractivity contribution in [2.75, 3.05) is 12.4 Å². The molecule has 3 heterocycles. The molecule has 0 bridgehead atoms. The van der Waals surface area contributed by atoms with Gasteiger partial charge in [-0.3, -0.25) is 15.0 Å². The second-order valence-corrected chi connectivity index (χ2v) is 9.88. The Morgan fingerprint density at radius 1 is 1.26 bits per heavy atom. The summed E-state index contributed by atoms with van der Waals surface area (Å²) in [4.78, 5) is 29.5. The van der Waals surface area contributed by atoms with Crippen LogP contribution in [0.3, 0.4) is 0 Å². The van der Waals surface area contributed by atoms with Crippen molar-refractivity contribution >= 4 is 34.5 Å². The number of aryl methyl sites for hydroxylation is 1. The molecule has 2 aliphatic heterocycles.